The van der Waals surface area contributed by atoms with Crippen molar-refractivity contribution in [2.24, 2.45) is 5.73 Å². The van der Waals surface area contributed by atoms with E-state index in [4.69, 9.17) is 5.73 Å². The maximum absolute atomic E-state index is 12.8. The fourth-order valence-corrected chi connectivity index (χ4v) is 2.80. The number of rotatable bonds is 3. The van der Waals surface area contributed by atoms with Crippen molar-refractivity contribution in [2.75, 3.05) is 19.7 Å². The van der Waals surface area contributed by atoms with Crippen molar-refractivity contribution in [2.45, 2.75) is 31.7 Å². The quantitative estimate of drug-likeness (QED) is 0.825. The number of benzene rings is 1. The molecule has 1 aliphatic heterocycles. The molecule has 2 rings (SSSR count). The molecule has 0 spiro atoms. The van der Waals surface area contributed by atoms with Crippen molar-refractivity contribution in [3.05, 3.63) is 35.4 Å². The van der Waals surface area contributed by atoms with E-state index in [1.54, 1.807) is 0 Å². The molecular weight excluding hydrogens is 264 g/mol. The molecule has 0 aromatic heterocycles. The van der Waals surface area contributed by atoms with Crippen LogP contribution in [0.25, 0.3) is 0 Å². The molecule has 3 N–H and O–H groups in total. The van der Waals surface area contributed by atoms with Gasteiger partial charge < -0.3 is 15.7 Å². The number of hydrogen-bond acceptors (Lipinski definition) is 3. The van der Waals surface area contributed by atoms with Gasteiger partial charge in [-0.3, -0.25) is 4.79 Å². The van der Waals surface area contributed by atoms with E-state index in [0.29, 0.717) is 12.0 Å². The molecule has 0 radical (unpaired) electrons. The monoisotopic (exact) mass is 286 g/mol. The number of amides is 1. The number of piperidine rings is 1. The highest BCUT2D eigenvalue weighted by molar-refractivity contribution is 5.97. The van der Waals surface area contributed by atoms with Gasteiger partial charge in [-0.15, -0.1) is 0 Å². The number of aliphatic hydroxyl groups is 1. The Labute approximate surface area is 125 Å². The Morgan fingerprint density at radius 2 is 2.19 bits per heavy atom. The van der Waals surface area contributed by atoms with Gasteiger partial charge in [0.15, 0.2) is 0 Å². The van der Waals surface area contributed by atoms with E-state index in [1.807, 2.05) is 29.2 Å². The average Bonchev–Trinajstić information content (AvgIpc) is 2.53. The summed E-state index contributed by atoms with van der Waals surface area (Å²) in [6.07, 6.45) is 3.73. The van der Waals surface area contributed by atoms with Crippen LogP contribution in [0.2, 0.25) is 0 Å². The van der Waals surface area contributed by atoms with E-state index in [-0.39, 0.29) is 25.1 Å². The van der Waals surface area contributed by atoms with Gasteiger partial charge in [0.1, 0.15) is 0 Å². The molecule has 4 nitrogen and oxygen atoms in total. The lowest BCUT2D eigenvalue weighted by Gasteiger charge is -2.35. The summed E-state index contributed by atoms with van der Waals surface area (Å²) in [5.41, 5.74) is 6.76. The maximum Gasteiger partial charge on any atom is 0.255 e. The number of carbonyl (C=O) groups excluding carboxylic acids is 1. The topological polar surface area (TPSA) is 66.6 Å². The molecule has 1 amide bonds. The highest BCUT2D eigenvalue weighted by Gasteiger charge is 2.27. The van der Waals surface area contributed by atoms with Crippen LogP contribution in [0.5, 0.6) is 0 Å². The van der Waals surface area contributed by atoms with Gasteiger partial charge >= 0.3 is 0 Å². The van der Waals surface area contributed by atoms with Crippen molar-refractivity contribution in [3.63, 3.8) is 0 Å². The molecule has 21 heavy (non-hydrogen) atoms. The van der Waals surface area contributed by atoms with E-state index in [2.05, 4.69) is 11.8 Å². The normalized spacial score (nSPS) is 18.0. The number of likely N-dealkylation sites (tertiary alicyclic amines) is 1. The SMILES string of the molecule is NCC#Cc1ccccc1C(=O)N1CCCCC1CCO. The Kier molecular flexibility index (Phi) is 5.79. The number of nitrogens with two attached hydrogens (primary N) is 1. The lowest BCUT2D eigenvalue weighted by molar-refractivity contribution is 0.0574. The molecule has 0 aliphatic carbocycles. The van der Waals surface area contributed by atoms with Crippen LogP contribution in [-0.4, -0.2) is 41.7 Å². The third-order valence-electron chi connectivity index (χ3n) is 3.83. The number of hydrogen-bond donors (Lipinski definition) is 2. The summed E-state index contributed by atoms with van der Waals surface area (Å²) in [6.45, 7) is 1.14. The molecule has 4 heteroatoms. The highest BCUT2D eigenvalue weighted by atomic mass is 16.3. The Hall–Kier alpha value is -1.83. The van der Waals surface area contributed by atoms with Gasteiger partial charge in [-0.05, 0) is 37.8 Å². The predicted octanol–water partition coefficient (Wildman–Crippen LogP) is 1.37. The minimum atomic E-state index is 0.00933. The van der Waals surface area contributed by atoms with Gasteiger partial charge in [-0.2, -0.15) is 0 Å². The zero-order valence-electron chi connectivity index (χ0n) is 12.2. The highest BCUT2D eigenvalue weighted by Crippen LogP contribution is 2.22. The molecule has 1 atom stereocenters. The third-order valence-corrected chi connectivity index (χ3v) is 3.83. The second-order valence-corrected chi connectivity index (χ2v) is 5.21. The fraction of sp³-hybridized carbons (Fsp3) is 0.471. The van der Waals surface area contributed by atoms with E-state index < -0.39 is 0 Å². The minimum absolute atomic E-state index is 0.00933. The summed E-state index contributed by atoms with van der Waals surface area (Å²) in [6, 6.07) is 7.52. The Bertz CT molecular complexity index is 543. The van der Waals surface area contributed by atoms with Crippen LogP contribution in [0.3, 0.4) is 0 Å². The van der Waals surface area contributed by atoms with Crippen LogP contribution in [0, 0.1) is 11.8 Å². The van der Waals surface area contributed by atoms with Gasteiger partial charge in [-0.25, -0.2) is 0 Å². The first-order valence-corrected chi connectivity index (χ1v) is 7.47. The maximum atomic E-state index is 12.8. The van der Waals surface area contributed by atoms with Crippen molar-refractivity contribution in [3.8, 4) is 11.8 Å². The standard InChI is InChI=1S/C17H22N2O2/c18-11-5-7-14-6-1-2-9-16(14)17(21)19-12-4-3-8-15(19)10-13-20/h1-2,6,9,15,20H,3-4,8,10-13,18H2. The Morgan fingerprint density at radius 1 is 1.38 bits per heavy atom. The van der Waals surface area contributed by atoms with Crippen LogP contribution in [0.1, 0.15) is 41.6 Å². The summed E-state index contributed by atoms with van der Waals surface area (Å²) in [4.78, 5) is 14.7. The second-order valence-electron chi connectivity index (χ2n) is 5.21. The number of aliphatic hydroxyl groups excluding tert-OH is 1. The van der Waals surface area contributed by atoms with Crippen molar-refractivity contribution in [1.29, 1.82) is 0 Å². The number of nitrogens with zero attached hydrogens (tertiary/aromatic N) is 1. The predicted molar refractivity (Wildman–Crippen MR) is 82.8 cm³/mol. The molecule has 1 unspecified atom stereocenters. The van der Waals surface area contributed by atoms with E-state index >= 15 is 0 Å². The van der Waals surface area contributed by atoms with Crippen LogP contribution < -0.4 is 5.73 Å². The molecule has 0 saturated carbocycles. The van der Waals surface area contributed by atoms with Gasteiger partial charge in [0.2, 0.25) is 0 Å². The average molecular weight is 286 g/mol. The zero-order chi connectivity index (χ0) is 15.1. The lowest BCUT2D eigenvalue weighted by Crippen LogP contribution is -2.44. The molecule has 0 bridgehead atoms. The van der Waals surface area contributed by atoms with Crippen LogP contribution in [0.4, 0.5) is 0 Å². The summed E-state index contributed by atoms with van der Waals surface area (Å²) >= 11 is 0. The Morgan fingerprint density at radius 3 is 2.95 bits per heavy atom. The summed E-state index contributed by atoms with van der Waals surface area (Å²) < 4.78 is 0. The van der Waals surface area contributed by atoms with E-state index in [9.17, 15) is 9.90 Å². The molecular formula is C17H22N2O2. The van der Waals surface area contributed by atoms with Crippen LogP contribution >= 0.6 is 0 Å². The molecule has 1 aromatic carbocycles. The van der Waals surface area contributed by atoms with Gasteiger partial charge in [0, 0.05) is 24.8 Å². The fourth-order valence-electron chi connectivity index (χ4n) is 2.80. The van der Waals surface area contributed by atoms with Gasteiger partial charge in [0.25, 0.3) is 5.91 Å². The third kappa shape index (κ3) is 3.84. The minimum Gasteiger partial charge on any atom is -0.396 e. The van der Waals surface area contributed by atoms with E-state index in [0.717, 1.165) is 31.4 Å². The Balaban J connectivity index is 2.26. The lowest BCUT2D eigenvalue weighted by atomic mass is 9.97. The first-order chi connectivity index (χ1) is 10.3. The van der Waals surface area contributed by atoms with Crippen LogP contribution in [-0.2, 0) is 0 Å². The van der Waals surface area contributed by atoms with Crippen molar-refractivity contribution < 1.29 is 9.90 Å². The number of carbonyl (C=O) groups is 1. The molecule has 112 valence electrons. The smallest absolute Gasteiger partial charge is 0.255 e. The largest absolute Gasteiger partial charge is 0.396 e. The zero-order valence-corrected chi connectivity index (χ0v) is 12.2. The summed E-state index contributed by atoms with van der Waals surface area (Å²) in [7, 11) is 0. The van der Waals surface area contributed by atoms with Crippen molar-refractivity contribution in [1.82, 2.24) is 4.90 Å². The summed E-state index contributed by atoms with van der Waals surface area (Å²) in [5.74, 6) is 5.78. The molecule has 1 aromatic rings. The van der Waals surface area contributed by atoms with E-state index in [1.165, 1.54) is 0 Å². The van der Waals surface area contributed by atoms with Gasteiger partial charge in [0.05, 0.1) is 12.1 Å². The molecule has 1 fully saturated rings. The van der Waals surface area contributed by atoms with Crippen LogP contribution in [0.15, 0.2) is 24.3 Å². The molecule has 1 saturated heterocycles. The first-order valence-electron chi connectivity index (χ1n) is 7.47. The molecule has 1 heterocycles. The van der Waals surface area contributed by atoms with Crippen molar-refractivity contribution >= 4 is 5.91 Å². The van der Waals surface area contributed by atoms with Gasteiger partial charge in [-0.1, -0.05) is 24.0 Å². The molecule has 1 aliphatic rings. The second kappa shape index (κ2) is 7.82. The summed E-state index contributed by atoms with van der Waals surface area (Å²) in [5, 5.41) is 9.19. The first kappa shape index (κ1) is 15.6.